The zero-order valence-electron chi connectivity index (χ0n) is 13.1. The predicted molar refractivity (Wildman–Crippen MR) is 88.3 cm³/mol. The van der Waals surface area contributed by atoms with Crippen LogP contribution < -0.4 is 21.9 Å². The fourth-order valence-corrected chi connectivity index (χ4v) is 2.18. The van der Waals surface area contributed by atoms with Crippen molar-refractivity contribution in [3.8, 4) is 0 Å². The summed E-state index contributed by atoms with van der Waals surface area (Å²) < 4.78 is 0. The average Bonchev–Trinajstić information content (AvgIpc) is 2.46. The van der Waals surface area contributed by atoms with Gasteiger partial charge in [0.2, 0.25) is 0 Å². The fraction of sp³-hybridized carbons (Fsp3) is 0.333. The van der Waals surface area contributed by atoms with Crippen LogP contribution in [0.1, 0.15) is 37.8 Å². The van der Waals surface area contributed by atoms with Gasteiger partial charge < -0.3 is 21.9 Å². The number of halogens is 1. The summed E-state index contributed by atoms with van der Waals surface area (Å²) in [6.07, 6.45) is 0. The van der Waals surface area contributed by atoms with E-state index in [2.05, 4.69) is 74.2 Å². The molecule has 0 aliphatic heterocycles. The number of benzene rings is 2. The molecule has 108 valence electrons. The Morgan fingerprint density at radius 2 is 1.76 bits per heavy atom. The first kappa shape index (κ1) is 20.5. The second-order valence-corrected chi connectivity index (χ2v) is 5.16. The van der Waals surface area contributed by atoms with Crippen LogP contribution in [-0.4, -0.2) is 29.6 Å². The zero-order valence-corrected chi connectivity index (χ0v) is 16.1. The summed E-state index contributed by atoms with van der Waals surface area (Å²) in [5.41, 5.74) is 3.91. The van der Waals surface area contributed by atoms with Gasteiger partial charge in [0.15, 0.2) is 0 Å². The van der Waals surface area contributed by atoms with Crippen molar-refractivity contribution in [2.45, 2.75) is 33.2 Å². The Balaban J connectivity index is 0.00000200. The van der Waals surface area contributed by atoms with Gasteiger partial charge in [0.1, 0.15) is 0 Å². The Morgan fingerprint density at radius 3 is 2.33 bits per heavy atom. The Hall–Kier alpha value is -0.514. The van der Waals surface area contributed by atoms with Crippen LogP contribution in [0.3, 0.4) is 0 Å². The van der Waals surface area contributed by atoms with Crippen LogP contribution in [0, 0.1) is 6.07 Å². The molecule has 0 unspecified atom stereocenters. The molecule has 0 atom stereocenters. The minimum Gasteiger partial charge on any atom is -1.00 e. The second-order valence-electron chi connectivity index (χ2n) is 5.16. The second kappa shape index (κ2) is 10.3. The number of anilines is 1. The van der Waals surface area contributed by atoms with E-state index in [-0.39, 0.29) is 40.0 Å². The first-order valence-corrected chi connectivity index (χ1v) is 7.01. The average molecular weight is 357 g/mol. The van der Waals surface area contributed by atoms with Crippen molar-refractivity contribution in [2.75, 3.05) is 11.4 Å². The van der Waals surface area contributed by atoms with Gasteiger partial charge in [-0.15, -0.1) is 6.07 Å². The van der Waals surface area contributed by atoms with Crippen LogP contribution in [0.4, 0.5) is 5.69 Å². The molecule has 2 aromatic rings. The molecule has 0 bridgehead atoms. The van der Waals surface area contributed by atoms with Gasteiger partial charge in [-0.05, 0) is 18.4 Å². The van der Waals surface area contributed by atoms with E-state index in [1.54, 1.807) is 0 Å². The molecule has 0 aliphatic carbocycles. The SMILES string of the molecule is CCN(Cc1ccccc1)c1[c-]ccc(C(C)C)c1.[Br-].[Mg+2]. The van der Waals surface area contributed by atoms with Crippen molar-refractivity contribution < 1.29 is 17.0 Å². The summed E-state index contributed by atoms with van der Waals surface area (Å²) >= 11 is 0. The third kappa shape index (κ3) is 6.01. The molecular formula is C18H22BrMgN. The van der Waals surface area contributed by atoms with Gasteiger partial charge in [0.05, 0.1) is 0 Å². The Bertz CT molecular complexity index is 514. The van der Waals surface area contributed by atoms with Gasteiger partial charge in [-0.2, -0.15) is 23.8 Å². The minimum atomic E-state index is 0. The van der Waals surface area contributed by atoms with Crippen LogP contribution in [0.2, 0.25) is 0 Å². The van der Waals surface area contributed by atoms with E-state index in [1.165, 1.54) is 16.8 Å². The molecule has 1 nitrogen and oxygen atoms in total. The van der Waals surface area contributed by atoms with Crippen molar-refractivity contribution >= 4 is 28.7 Å². The molecule has 21 heavy (non-hydrogen) atoms. The molecule has 0 N–H and O–H groups in total. The van der Waals surface area contributed by atoms with Crippen molar-refractivity contribution in [2.24, 2.45) is 0 Å². The maximum Gasteiger partial charge on any atom is 2.00 e. The van der Waals surface area contributed by atoms with Crippen LogP contribution >= 0.6 is 0 Å². The molecule has 2 aromatic carbocycles. The summed E-state index contributed by atoms with van der Waals surface area (Å²) in [4.78, 5) is 2.36. The first-order chi connectivity index (χ1) is 9.20. The fourth-order valence-electron chi connectivity index (χ4n) is 2.18. The summed E-state index contributed by atoms with van der Waals surface area (Å²) in [6, 6.07) is 20.4. The summed E-state index contributed by atoms with van der Waals surface area (Å²) in [5, 5.41) is 0. The van der Waals surface area contributed by atoms with E-state index >= 15 is 0 Å². The third-order valence-electron chi connectivity index (χ3n) is 3.42. The van der Waals surface area contributed by atoms with E-state index in [1.807, 2.05) is 6.07 Å². The van der Waals surface area contributed by atoms with Gasteiger partial charge in [-0.25, -0.2) is 0 Å². The van der Waals surface area contributed by atoms with Crippen molar-refractivity contribution in [1.29, 1.82) is 0 Å². The van der Waals surface area contributed by atoms with E-state index < -0.39 is 0 Å². The standard InChI is InChI=1S/C18H22N.BrH.Mg/c1-4-19(14-16-9-6-5-7-10-16)18-12-8-11-17(13-18)15(2)3;;/h5-11,13,15H,4,14H2,1-3H3;1H;/q-1;;+2/p-1. The molecule has 0 saturated heterocycles. The minimum absolute atomic E-state index is 0. The Kier molecular flexibility index (Phi) is 10.0. The van der Waals surface area contributed by atoms with Crippen LogP contribution in [-0.2, 0) is 6.54 Å². The van der Waals surface area contributed by atoms with Gasteiger partial charge in [0, 0.05) is 13.1 Å². The quantitative estimate of drug-likeness (QED) is 0.576. The summed E-state index contributed by atoms with van der Waals surface area (Å²) in [6.45, 7) is 8.58. The van der Waals surface area contributed by atoms with Gasteiger partial charge in [0.25, 0.3) is 0 Å². The molecule has 0 aromatic heterocycles. The summed E-state index contributed by atoms with van der Waals surface area (Å²) in [5.74, 6) is 0.559. The molecule has 3 heteroatoms. The van der Waals surface area contributed by atoms with E-state index in [9.17, 15) is 0 Å². The molecule has 0 fully saturated rings. The molecule has 0 amide bonds. The first-order valence-electron chi connectivity index (χ1n) is 7.01. The van der Waals surface area contributed by atoms with Crippen LogP contribution in [0.5, 0.6) is 0 Å². The smallest absolute Gasteiger partial charge is 1.00 e. The topological polar surface area (TPSA) is 3.24 Å². The number of hydrogen-bond donors (Lipinski definition) is 0. The Labute approximate surface area is 155 Å². The van der Waals surface area contributed by atoms with Crippen molar-refractivity contribution in [3.05, 3.63) is 65.7 Å². The van der Waals surface area contributed by atoms with Gasteiger partial charge >= 0.3 is 23.1 Å². The van der Waals surface area contributed by atoms with E-state index in [0.717, 1.165) is 13.1 Å². The monoisotopic (exact) mass is 355 g/mol. The predicted octanol–water partition coefficient (Wildman–Crippen LogP) is 1.26. The molecule has 0 heterocycles. The van der Waals surface area contributed by atoms with E-state index in [4.69, 9.17) is 0 Å². The summed E-state index contributed by atoms with van der Waals surface area (Å²) in [7, 11) is 0. The molecular weight excluding hydrogens is 334 g/mol. The van der Waals surface area contributed by atoms with Crippen molar-refractivity contribution in [3.63, 3.8) is 0 Å². The Morgan fingerprint density at radius 1 is 1.10 bits per heavy atom. The number of nitrogens with zero attached hydrogens (tertiary/aromatic N) is 1. The molecule has 0 radical (unpaired) electrons. The molecule has 0 aliphatic rings. The number of rotatable bonds is 5. The number of hydrogen-bond acceptors (Lipinski definition) is 1. The normalized spacial score (nSPS) is 9.71. The van der Waals surface area contributed by atoms with Gasteiger partial charge in [-0.1, -0.05) is 49.9 Å². The maximum atomic E-state index is 3.36. The largest absolute Gasteiger partial charge is 2.00 e. The third-order valence-corrected chi connectivity index (χ3v) is 3.42. The van der Waals surface area contributed by atoms with Crippen LogP contribution in [0.25, 0.3) is 0 Å². The molecule has 0 saturated carbocycles. The van der Waals surface area contributed by atoms with Crippen LogP contribution in [0.15, 0.2) is 48.5 Å². The molecule has 0 spiro atoms. The zero-order chi connectivity index (χ0) is 13.7. The maximum absolute atomic E-state index is 3.36. The van der Waals surface area contributed by atoms with Gasteiger partial charge in [-0.3, -0.25) is 0 Å². The molecule has 2 rings (SSSR count). The van der Waals surface area contributed by atoms with Crippen molar-refractivity contribution in [1.82, 2.24) is 0 Å². The van der Waals surface area contributed by atoms with E-state index in [0.29, 0.717) is 5.92 Å².